The quantitative estimate of drug-likeness (QED) is 0.375. The number of benzene rings is 2. The van der Waals surface area contributed by atoms with Gasteiger partial charge in [-0.15, -0.1) is 0 Å². The highest BCUT2D eigenvalue weighted by molar-refractivity contribution is 5.98. The predicted octanol–water partition coefficient (Wildman–Crippen LogP) is 3.28. The van der Waals surface area contributed by atoms with E-state index in [0.29, 0.717) is 61.0 Å². The Morgan fingerprint density at radius 3 is 2.46 bits per heavy atom. The molecular formula is C27H34N2O6. The smallest absolute Gasteiger partial charge is 0.227 e. The average Bonchev–Trinajstić information content (AvgIpc) is 2.86. The van der Waals surface area contributed by atoms with E-state index in [1.54, 1.807) is 45.1 Å². The van der Waals surface area contributed by atoms with Gasteiger partial charge in [0, 0.05) is 32.0 Å². The second-order valence-corrected chi connectivity index (χ2v) is 8.15. The highest BCUT2D eigenvalue weighted by atomic mass is 16.5. The largest absolute Gasteiger partial charge is 0.493 e. The lowest BCUT2D eigenvalue weighted by atomic mass is 9.99. The van der Waals surface area contributed by atoms with Gasteiger partial charge in [-0.25, -0.2) is 0 Å². The number of anilines is 1. The minimum atomic E-state index is -0.773. The lowest BCUT2D eigenvalue weighted by Gasteiger charge is -2.32. The molecule has 35 heavy (non-hydrogen) atoms. The number of ether oxygens (including phenoxy) is 4. The van der Waals surface area contributed by atoms with Crippen LogP contribution in [0, 0.1) is 12.0 Å². The Labute approximate surface area is 207 Å². The molecule has 0 spiro atoms. The van der Waals surface area contributed by atoms with Gasteiger partial charge in [-0.3, -0.25) is 10.1 Å². The first kappa shape index (κ1) is 26.2. The van der Waals surface area contributed by atoms with Crippen molar-refractivity contribution in [3.63, 3.8) is 0 Å². The van der Waals surface area contributed by atoms with E-state index in [-0.39, 0.29) is 5.91 Å². The third-order valence-electron chi connectivity index (χ3n) is 5.84. The lowest BCUT2D eigenvalue weighted by molar-refractivity contribution is -0.118. The van der Waals surface area contributed by atoms with Crippen molar-refractivity contribution in [2.24, 2.45) is 0 Å². The van der Waals surface area contributed by atoms with Crippen molar-refractivity contribution in [1.82, 2.24) is 5.32 Å². The van der Waals surface area contributed by atoms with Crippen molar-refractivity contribution in [2.45, 2.75) is 52.4 Å². The Bertz CT molecular complexity index is 1090. The number of fused-ring (bicyclic) bond motifs is 1. The molecule has 3 rings (SSSR count). The number of nitrogens with zero attached hydrogens (tertiary/aromatic N) is 1. The van der Waals surface area contributed by atoms with E-state index in [1.165, 1.54) is 0 Å². The molecule has 8 nitrogen and oxygen atoms in total. The summed E-state index contributed by atoms with van der Waals surface area (Å²) in [4.78, 5) is 14.2. The Morgan fingerprint density at radius 1 is 1.09 bits per heavy atom. The second-order valence-electron chi connectivity index (χ2n) is 8.15. The van der Waals surface area contributed by atoms with Crippen LogP contribution < -0.4 is 29.2 Å². The highest BCUT2D eigenvalue weighted by Gasteiger charge is 2.30. The number of nitrogens with one attached hydrogen (secondary N) is 1. The summed E-state index contributed by atoms with van der Waals surface area (Å²) in [6.45, 7) is 6.36. The molecule has 1 heterocycles. The number of amides is 1. The van der Waals surface area contributed by atoms with Crippen LogP contribution in [0.2, 0.25) is 0 Å². The van der Waals surface area contributed by atoms with E-state index in [1.807, 2.05) is 25.1 Å². The maximum Gasteiger partial charge on any atom is 0.227 e. The van der Waals surface area contributed by atoms with Crippen molar-refractivity contribution in [3.8, 4) is 35.0 Å². The van der Waals surface area contributed by atoms with Gasteiger partial charge in [0.15, 0.2) is 23.5 Å². The monoisotopic (exact) mass is 482 g/mol. The fourth-order valence-corrected chi connectivity index (χ4v) is 4.10. The molecule has 2 atom stereocenters. The summed E-state index contributed by atoms with van der Waals surface area (Å²) in [5.74, 6) is 5.22. The van der Waals surface area contributed by atoms with Crippen molar-refractivity contribution in [2.75, 3.05) is 32.2 Å². The fourth-order valence-electron chi connectivity index (χ4n) is 4.10. The second kappa shape index (κ2) is 12.3. The van der Waals surface area contributed by atoms with Crippen LogP contribution in [0.1, 0.15) is 38.3 Å². The molecule has 2 N–H and O–H groups in total. The maximum atomic E-state index is 12.5. The van der Waals surface area contributed by atoms with Crippen LogP contribution in [-0.2, 0) is 17.6 Å². The summed E-state index contributed by atoms with van der Waals surface area (Å²) in [7, 11) is 3.21. The van der Waals surface area contributed by atoms with Crippen LogP contribution in [0.25, 0.3) is 0 Å². The van der Waals surface area contributed by atoms with Crippen LogP contribution in [0.15, 0.2) is 30.3 Å². The standard InChI is InChI=1S/C27H34N2O6/c1-6-16-34-23-12-11-21(20-9-13-25(31)29(7-2)26(20)23)35-27(18(3)30)28-15-14-19-8-10-22(32-4)24(17-19)33-5/h8,10-12,17-18,27-28,30H,7,9,13-15H2,1-5H3. The summed E-state index contributed by atoms with van der Waals surface area (Å²) < 4.78 is 22.5. The summed E-state index contributed by atoms with van der Waals surface area (Å²) >= 11 is 0. The van der Waals surface area contributed by atoms with E-state index in [9.17, 15) is 9.90 Å². The topological polar surface area (TPSA) is 89.5 Å². The Balaban J connectivity index is 1.78. The average molecular weight is 483 g/mol. The summed E-state index contributed by atoms with van der Waals surface area (Å²) in [5, 5.41) is 13.7. The van der Waals surface area contributed by atoms with Gasteiger partial charge >= 0.3 is 0 Å². The molecule has 2 aromatic rings. The highest BCUT2D eigenvalue weighted by Crippen LogP contribution is 2.42. The van der Waals surface area contributed by atoms with E-state index in [0.717, 1.165) is 11.1 Å². The minimum absolute atomic E-state index is 0.0339. The first-order chi connectivity index (χ1) is 16.9. The SMILES string of the molecule is CC#COc1ccc(OC(NCCc2ccc(OC)c(OC)c2)C(C)O)c2c1N(CC)C(=O)CC2. The number of carbonyl (C=O) groups excluding carboxylic acids is 1. The Hall–Kier alpha value is -3.41. The normalized spacial score (nSPS) is 14.3. The predicted molar refractivity (Wildman–Crippen MR) is 134 cm³/mol. The van der Waals surface area contributed by atoms with Crippen LogP contribution in [0.5, 0.6) is 23.0 Å². The van der Waals surface area contributed by atoms with Gasteiger partial charge < -0.3 is 29.0 Å². The molecule has 0 saturated heterocycles. The van der Waals surface area contributed by atoms with E-state index < -0.39 is 12.3 Å². The zero-order valence-corrected chi connectivity index (χ0v) is 21.0. The summed E-state index contributed by atoms with van der Waals surface area (Å²) in [5.41, 5.74) is 2.61. The van der Waals surface area contributed by atoms with Crippen LogP contribution in [0.3, 0.4) is 0 Å². The number of hydrogen-bond donors (Lipinski definition) is 2. The zero-order valence-electron chi connectivity index (χ0n) is 21.0. The number of methoxy groups -OCH3 is 2. The third-order valence-corrected chi connectivity index (χ3v) is 5.84. The van der Waals surface area contributed by atoms with Crippen LogP contribution in [0.4, 0.5) is 5.69 Å². The molecule has 0 fully saturated rings. The number of hydrogen-bond acceptors (Lipinski definition) is 7. The first-order valence-corrected chi connectivity index (χ1v) is 11.8. The third kappa shape index (κ3) is 6.18. The molecule has 8 heteroatoms. The Kier molecular flexibility index (Phi) is 9.24. The number of aliphatic hydroxyl groups is 1. The zero-order chi connectivity index (χ0) is 25.4. The van der Waals surface area contributed by atoms with Crippen molar-refractivity contribution >= 4 is 11.6 Å². The first-order valence-electron chi connectivity index (χ1n) is 11.8. The van der Waals surface area contributed by atoms with E-state index in [2.05, 4.69) is 17.3 Å². The number of aliphatic hydroxyl groups excluding tert-OH is 1. The molecule has 2 aromatic carbocycles. The van der Waals surface area contributed by atoms with Gasteiger partial charge in [-0.2, -0.15) is 0 Å². The van der Waals surface area contributed by atoms with Gasteiger partial charge in [-0.05, 0) is 56.5 Å². The van der Waals surface area contributed by atoms with Crippen molar-refractivity contribution in [1.29, 1.82) is 0 Å². The number of rotatable bonds is 11. The van der Waals surface area contributed by atoms with Gasteiger partial charge in [0.2, 0.25) is 5.91 Å². The van der Waals surface area contributed by atoms with E-state index in [4.69, 9.17) is 18.9 Å². The summed E-state index contributed by atoms with van der Waals surface area (Å²) in [6, 6.07) is 9.34. The molecule has 188 valence electrons. The van der Waals surface area contributed by atoms with Crippen molar-refractivity contribution in [3.05, 3.63) is 41.5 Å². The molecule has 0 saturated carbocycles. The molecular weight excluding hydrogens is 448 g/mol. The molecule has 2 unspecified atom stereocenters. The molecule has 0 aliphatic carbocycles. The van der Waals surface area contributed by atoms with Gasteiger partial charge in [0.1, 0.15) is 18.0 Å². The van der Waals surface area contributed by atoms with Gasteiger partial charge in [-0.1, -0.05) is 12.0 Å². The summed E-state index contributed by atoms with van der Waals surface area (Å²) in [6.07, 6.45) is 2.80. The molecule has 0 bridgehead atoms. The Morgan fingerprint density at radius 2 is 1.80 bits per heavy atom. The molecule has 0 aromatic heterocycles. The molecule has 1 aliphatic rings. The molecule has 1 aliphatic heterocycles. The van der Waals surface area contributed by atoms with Crippen molar-refractivity contribution < 1.29 is 28.8 Å². The van der Waals surface area contributed by atoms with Crippen LogP contribution >= 0.6 is 0 Å². The minimum Gasteiger partial charge on any atom is -0.493 e. The lowest BCUT2D eigenvalue weighted by Crippen LogP contribution is -2.44. The maximum absolute atomic E-state index is 12.5. The fraction of sp³-hybridized carbons (Fsp3) is 0.444. The van der Waals surface area contributed by atoms with Crippen LogP contribution in [-0.4, -0.2) is 50.7 Å². The molecule has 0 radical (unpaired) electrons. The molecule has 1 amide bonds. The van der Waals surface area contributed by atoms with Gasteiger partial charge in [0.25, 0.3) is 0 Å². The number of carbonyl (C=O) groups is 1. The van der Waals surface area contributed by atoms with E-state index >= 15 is 0 Å². The van der Waals surface area contributed by atoms with Gasteiger partial charge in [0.05, 0.1) is 19.9 Å².